The highest BCUT2D eigenvalue weighted by Gasteiger charge is 2.45. The van der Waals surface area contributed by atoms with E-state index in [1.165, 1.54) is 15.8 Å². The number of nitrogens with zero attached hydrogens (tertiary/aromatic N) is 5. The quantitative estimate of drug-likeness (QED) is 0.0912. The van der Waals surface area contributed by atoms with Crippen LogP contribution in [0.15, 0.2) is 42.9 Å². The summed E-state index contributed by atoms with van der Waals surface area (Å²) in [6.45, 7) is 3.19. The lowest BCUT2D eigenvalue weighted by Gasteiger charge is -2.32. The number of benzene rings is 1. The van der Waals surface area contributed by atoms with Gasteiger partial charge in [0.15, 0.2) is 0 Å². The van der Waals surface area contributed by atoms with Crippen molar-refractivity contribution in [2.45, 2.75) is 108 Å². The van der Waals surface area contributed by atoms with E-state index in [1.807, 2.05) is 6.07 Å². The fourth-order valence-corrected chi connectivity index (χ4v) is 7.54. The number of nitrogens with one attached hydrogen (secondary N) is 3. The number of carbonyl (C=O) groups is 6. The molecule has 1 saturated heterocycles. The van der Waals surface area contributed by atoms with Gasteiger partial charge in [-0.1, -0.05) is 49.5 Å². The Kier molecular flexibility index (Phi) is 12.9. The Morgan fingerprint density at radius 2 is 1.76 bits per heavy atom. The first-order valence-electron chi connectivity index (χ1n) is 18.4. The number of rotatable bonds is 16. The zero-order chi connectivity index (χ0) is 39.0. The Balaban J connectivity index is 1.45. The Morgan fingerprint density at radius 1 is 1.00 bits per heavy atom. The van der Waals surface area contributed by atoms with Crippen LogP contribution < -0.4 is 21.7 Å². The second kappa shape index (κ2) is 17.6. The number of carboxylic acid groups (broad SMARTS) is 1. The summed E-state index contributed by atoms with van der Waals surface area (Å²) in [7, 11) is 0. The van der Waals surface area contributed by atoms with E-state index in [-0.39, 0.29) is 38.3 Å². The topological polar surface area (TPSA) is 252 Å². The Labute approximate surface area is 312 Å². The van der Waals surface area contributed by atoms with Crippen molar-refractivity contribution in [3.05, 3.63) is 54.1 Å². The smallest absolute Gasteiger partial charge is 0.404 e. The van der Waals surface area contributed by atoms with Gasteiger partial charge in [0.05, 0.1) is 24.0 Å². The summed E-state index contributed by atoms with van der Waals surface area (Å²) in [4.78, 5) is 84.2. The van der Waals surface area contributed by atoms with Crippen molar-refractivity contribution in [1.82, 2.24) is 40.8 Å². The number of ketones is 1. The zero-order valence-corrected chi connectivity index (χ0v) is 30.6. The minimum absolute atomic E-state index is 0.00884. The van der Waals surface area contributed by atoms with E-state index in [1.54, 1.807) is 44.4 Å². The average molecular weight is 748 g/mol. The number of hydrogen-bond acceptors (Lipinski definition) is 10. The van der Waals surface area contributed by atoms with Crippen molar-refractivity contribution in [3.63, 3.8) is 0 Å². The molecule has 1 unspecified atom stereocenters. The summed E-state index contributed by atoms with van der Waals surface area (Å²) in [5, 5.41) is 37.2. The lowest BCUT2D eigenvalue weighted by Crippen LogP contribution is -2.56. The summed E-state index contributed by atoms with van der Waals surface area (Å²) >= 11 is 0. The molecule has 1 aromatic carbocycles. The molecule has 17 nitrogen and oxygen atoms in total. The molecule has 17 heteroatoms. The monoisotopic (exact) mass is 747 g/mol. The van der Waals surface area contributed by atoms with Crippen molar-refractivity contribution < 1.29 is 39.0 Å². The molecule has 0 bridgehead atoms. The highest BCUT2D eigenvalue weighted by atomic mass is 16.4. The molecule has 5 rings (SSSR count). The molecule has 0 radical (unpaired) electrons. The third kappa shape index (κ3) is 9.75. The molecule has 54 heavy (non-hydrogen) atoms. The van der Waals surface area contributed by atoms with Crippen LogP contribution >= 0.6 is 0 Å². The van der Waals surface area contributed by atoms with Gasteiger partial charge in [0.2, 0.25) is 17.6 Å². The summed E-state index contributed by atoms with van der Waals surface area (Å²) in [6, 6.07) is 2.93. The predicted molar refractivity (Wildman–Crippen MR) is 195 cm³/mol. The van der Waals surface area contributed by atoms with E-state index in [9.17, 15) is 33.9 Å². The molecule has 3 aromatic rings. The third-order valence-corrected chi connectivity index (χ3v) is 10.3. The van der Waals surface area contributed by atoms with Crippen LogP contribution in [0.5, 0.6) is 0 Å². The first-order chi connectivity index (χ1) is 25.7. The zero-order valence-electron chi connectivity index (χ0n) is 30.6. The van der Waals surface area contributed by atoms with E-state index >= 15 is 0 Å². The minimum atomic E-state index is -1.36. The molecule has 290 valence electrons. The maximum atomic E-state index is 14.8. The average Bonchev–Trinajstić information content (AvgIpc) is 3.82. The second-order valence-electron chi connectivity index (χ2n) is 14.7. The van der Waals surface area contributed by atoms with Crippen LogP contribution in [-0.2, 0) is 24.8 Å². The number of pyridine rings is 1. The van der Waals surface area contributed by atoms with Gasteiger partial charge in [-0.3, -0.25) is 29.0 Å². The molecule has 7 N–H and O–H groups in total. The van der Waals surface area contributed by atoms with Crippen molar-refractivity contribution in [3.8, 4) is 0 Å². The van der Waals surface area contributed by atoms with Crippen LogP contribution in [0.4, 0.5) is 4.79 Å². The number of amides is 5. The largest absolute Gasteiger partial charge is 0.465 e. The minimum Gasteiger partial charge on any atom is -0.465 e. The van der Waals surface area contributed by atoms with Gasteiger partial charge < -0.3 is 36.8 Å². The molecular formula is C37H49N9O8. The van der Waals surface area contributed by atoms with Crippen molar-refractivity contribution in [2.24, 2.45) is 11.7 Å². The van der Waals surface area contributed by atoms with Crippen LogP contribution in [0, 0.1) is 5.92 Å². The normalized spacial score (nSPS) is 18.8. The number of aromatic nitrogens is 4. The fraction of sp³-hybridized carbons (Fsp3) is 0.541. The Hall–Kier alpha value is -5.45. The molecular weight excluding hydrogens is 698 g/mol. The summed E-state index contributed by atoms with van der Waals surface area (Å²) < 4.78 is 1.48. The standard InChI is InChI=1S/C37H49N9O8/c1-37(2,54)30-20-41-44-46(30)24-18-29(34(50)42-27(31(47)32(38)48)13-6-7-15-40-36(52)53)45(21-24)35(51)28(17-22-9-4-3-5-10-22)43-33(49)25-12-8-11-23-14-16-39-19-26(23)25/h8,11-12,14,16,19-20,22,24,27-29,40,54H,3-7,9-10,13,15,17-18,21H2,1-2H3,(H2,38,48)(H,42,50)(H,43,49)(H,52,53)/t24-,27?,28+,29-/m0/s1. The van der Waals surface area contributed by atoms with Crippen molar-refractivity contribution >= 4 is 46.3 Å². The first kappa shape index (κ1) is 39.8. The molecule has 2 aliphatic rings. The van der Waals surface area contributed by atoms with E-state index < -0.39 is 65.3 Å². The van der Waals surface area contributed by atoms with Crippen molar-refractivity contribution in [1.29, 1.82) is 0 Å². The summed E-state index contributed by atoms with van der Waals surface area (Å²) in [5.41, 5.74) is 4.67. The number of fused-ring (bicyclic) bond motifs is 1. The molecule has 2 fully saturated rings. The van der Waals surface area contributed by atoms with E-state index in [0.717, 1.165) is 37.5 Å². The fourth-order valence-electron chi connectivity index (χ4n) is 7.54. The lowest BCUT2D eigenvalue weighted by molar-refractivity contribution is -0.142. The van der Waals surface area contributed by atoms with Crippen LogP contribution in [0.1, 0.15) is 100 Å². The number of Topliss-reactive ketones (excluding diaryl/α,β-unsaturated/α-hetero) is 1. The van der Waals surface area contributed by atoms with Gasteiger partial charge in [0.25, 0.3) is 11.8 Å². The molecule has 1 aliphatic carbocycles. The molecule has 2 aromatic heterocycles. The van der Waals surface area contributed by atoms with Crippen LogP contribution in [0.2, 0.25) is 0 Å². The van der Waals surface area contributed by atoms with E-state index in [0.29, 0.717) is 29.5 Å². The number of likely N-dealkylation sites (tertiary alicyclic amines) is 1. The first-order valence-corrected chi connectivity index (χ1v) is 18.4. The maximum Gasteiger partial charge on any atom is 0.404 e. The summed E-state index contributed by atoms with van der Waals surface area (Å²) in [6.07, 6.45) is 9.23. The number of aliphatic hydroxyl groups is 1. The second-order valence-corrected chi connectivity index (χ2v) is 14.7. The van der Waals surface area contributed by atoms with Gasteiger partial charge in [-0.05, 0) is 63.0 Å². The molecule has 1 saturated carbocycles. The number of carbonyl (C=O) groups excluding carboxylic acids is 5. The SMILES string of the molecule is CC(C)(O)c1cnnn1[C@H]1C[C@@H](C(=O)NC(CCCCNC(=O)O)C(=O)C(N)=O)N(C(=O)[C@@H](CC2CCCCC2)NC(=O)c2cccc3ccncc23)C1. The van der Waals surface area contributed by atoms with Crippen LogP contribution in [-0.4, -0.2) is 102 Å². The van der Waals surface area contributed by atoms with E-state index in [2.05, 4.69) is 31.2 Å². The van der Waals surface area contributed by atoms with E-state index in [4.69, 9.17) is 10.8 Å². The lowest BCUT2D eigenvalue weighted by atomic mass is 9.84. The predicted octanol–water partition coefficient (Wildman–Crippen LogP) is 1.94. The van der Waals surface area contributed by atoms with Crippen LogP contribution in [0.25, 0.3) is 10.8 Å². The van der Waals surface area contributed by atoms with Gasteiger partial charge in [-0.2, -0.15) is 0 Å². The summed E-state index contributed by atoms with van der Waals surface area (Å²) in [5.74, 6) is -3.82. The van der Waals surface area contributed by atoms with Gasteiger partial charge in [0.1, 0.15) is 17.7 Å². The van der Waals surface area contributed by atoms with Gasteiger partial charge in [-0.15, -0.1) is 5.10 Å². The van der Waals surface area contributed by atoms with Gasteiger partial charge in [0, 0.05) is 42.9 Å². The van der Waals surface area contributed by atoms with Gasteiger partial charge in [-0.25, -0.2) is 9.48 Å². The Morgan fingerprint density at radius 3 is 2.46 bits per heavy atom. The maximum absolute atomic E-state index is 14.8. The highest BCUT2D eigenvalue weighted by molar-refractivity contribution is 6.37. The molecule has 3 heterocycles. The molecule has 4 atom stereocenters. The highest BCUT2D eigenvalue weighted by Crippen LogP contribution is 2.34. The number of unbranched alkanes of at least 4 members (excludes halogenated alkanes) is 1. The van der Waals surface area contributed by atoms with Crippen molar-refractivity contribution in [2.75, 3.05) is 13.1 Å². The molecule has 0 spiro atoms. The third-order valence-electron chi connectivity index (χ3n) is 10.3. The number of primary amides is 1. The number of hydrogen-bond donors (Lipinski definition) is 6. The number of nitrogens with two attached hydrogens (primary N) is 1. The molecule has 5 amide bonds. The Bertz CT molecular complexity index is 1850. The molecule has 1 aliphatic heterocycles. The van der Waals surface area contributed by atoms with Gasteiger partial charge >= 0.3 is 6.09 Å². The van der Waals surface area contributed by atoms with Crippen LogP contribution in [0.3, 0.4) is 0 Å².